The Balaban J connectivity index is 2.20. The van der Waals surface area contributed by atoms with E-state index in [4.69, 9.17) is 9.15 Å². The summed E-state index contributed by atoms with van der Waals surface area (Å²) in [4.78, 5) is 21.0. The minimum atomic E-state index is -0.633. The lowest BCUT2D eigenvalue weighted by Crippen LogP contribution is -2.38. The van der Waals surface area contributed by atoms with Gasteiger partial charge in [0.25, 0.3) is 0 Å². The zero-order valence-corrected chi connectivity index (χ0v) is 16.7. The number of nitrogens with zero attached hydrogens (tertiary/aromatic N) is 2. The molecule has 0 aliphatic rings. The van der Waals surface area contributed by atoms with Gasteiger partial charge in [0.05, 0.1) is 12.5 Å². The van der Waals surface area contributed by atoms with Crippen LogP contribution in [0.2, 0.25) is 0 Å². The molecule has 8 heteroatoms. The summed E-state index contributed by atoms with van der Waals surface area (Å²) < 4.78 is 12.1. The van der Waals surface area contributed by atoms with E-state index in [-0.39, 0.29) is 5.97 Å². The standard InChI is InChI=1S/C15H17BrIN3O3/c1-15(2,3)23-14(21)10(7-9-5-4-6-22-9)19-13-12(16)20-11(17)8-18-13/h4-6,8,10H,7H2,1-3H3,(H,18,19). The molecule has 0 saturated carbocycles. The number of nitrogens with one attached hydrogen (secondary N) is 1. The quantitative estimate of drug-likeness (QED) is 0.504. The molecule has 1 N–H and O–H groups in total. The average Bonchev–Trinajstić information content (AvgIpc) is 2.91. The third-order valence-corrected chi connectivity index (χ3v) is 3.76. The summed E-state index contributed by atoms with van der Waals surface area (Å²) in [6, 6.07) is 2.96. The Labute approximate surface area is 156 Å². The van der Waals surface area contributed by atoms with Crippen LogP contribution >= 0.6 is 38.5 Å². The van der Waals surface area contributed by atoms with Gasteiger partial charge in [0.2, 0.25) is 0 Å². The van der Waals surface area contributed by atoms with Crippen LogP contribution in [0.4, 0.5) is 5.82 Å². The van der Waals surface area contributed by atoms with Gasteiger partial charge in [-0.3, -0.25) is 0 Å². The molecule has 0 radical (unpaired) electrons. The van der Waals surface area contributed by atoms with Crippen molar-refractivity contribution in [2.75, 3.05) is 5.32 Å². The molecule has 2 heterocycles. The fourth-order valence-corrected chi connectivity index (χ4v) is 2.92. The highest BCUT2D eigenvalue weighted by atomic mass is 127. The number of ether oxygens (including phenoxy) is 1. The molecule has 0 bridgehead atoms. The lowest BCUT2D eigenvalue weighted by Gasteiger charge is -2.24. The van der Waals surface area contributed by atoms with Gasteiger partial charge in [-0.1, -0.05) is 0 Å². The first kappa shape index (κ1) is 18.2. The minimum absolute atomic E-state index is 0.349. The van der Waals surface area contributed by atoms with E-state index in [0.29, 0.717) is 22.6 Å². The Kier molecular flexibility index (Phi) is 6.01. The summed E-state index contributed by atoms with van der Waals surface area (Å²) >= 11 is 5.41. The maximum Gasteiger partial charge on any atom is 0.329 e. The summed E-state index contributed by atoms with van der Waals surface area (Å²) in [6.07, 6.45) is 3.54. The van der Waals surface area contributed by atoms with Crippen molar-refractivity contribution in [1.82, 2.24) is 9.97 Å². The van der Waals surface area contributed by atoms with Crippen LogP contribution in [0.25, 0.3) is 0 Å². The maximum absolute atomic E-state index is 12.5. The van der Waals surface area contributed by atoms with E-state index in [1.807, 2.05) is 26.8 Å². The topological polar surface area (TPSA) is 77.2 Å². The van der Waals surface area contributed by atoms with Gasteiger partial charge in [0.15, 0.2) is 5.82 Å². The number of carbonyl (C=O) groups excluding carboxylic acids is 1. The predicted octanol–water partition coefficient (Wildman–Crippen LogP) is 3.80. The van der Waals surface area contributed by atoms with Crippen LogP contribution in [0.3, 0.4) is 0 Å². The van der Waals surface area contributed by atoms with Gasteiger partial charge in [-0.05, 0) is 71.4 Å². The third kappa shape index (κ3) is 5.76. The molecule has 6 nitrogen and oxygen atoms in total. The number of carbonyl (C=O) groups is 1. The molecular formula is C15H17BrIN3O3. The van der Waals surface area contributed by atoms with E-state index < -0.39 is 11.6 Å². The van der Waals surface area contributed by atoms with Crippen LogP contribution in [0, 0.1) is 3.70 Å². The van der Waals surface area contributed by atoms with Crippen molar-refractivity contribution in [1.29, 1.82) is 0 Å². The molecule has 2 aromatic heterocycles. The third-order valence-electron chi connectivity index (χ3n) is 2.69. The highest BCUT2D eigenvalue weighted by molar-refractivity contribution is 14.1. The first-order chi connectivity index (χ1) is 10.7. The lowest BCUT2D eigenvalue weighted by molar-refractivity contribution is -0.155. The number of hydrogen-bond acceptors (Lipinski definition) is 6. The first-order valence-electron chi connectivity index (χ1n) is 6.94. The van der Waals surface area contributed by atoms with E-state index in [1.165, 1.54) is 0 Å². The van der Waals surface area contributed by atoms with E-state index in [9.17, 15) is 4.79 Å². The zero-order chi connectivity index (χ0) is 17.0. The SMILES string of the molecule is CC(C)(C)OC(=O)C(Cc1ccco1)Nc1ncc(I)nc1Br. The summed E-state index contributed by atoms with van der Waals surface area (Å²) in [6.45, 7) is 5.49. The number of hydrogen-bond donors (Lipinski definition) is 1. The summed E-state index contributed by atoms with van der Waals surface area (Å²) in [5.74, 6) is 0.789. The van der Waals surface area contributed by atoms with E-state index >= 15 is 0 Å². The van der Waals surface area contributed by atoms with Crippen LogP contribution in [0.1, 0.15) is 26.5 Å². The molecule has 2 aromatic rings. The maximum atomic E-state index is 12.5. The first-order valence-corrected chi connectivity index (χ1v) is 8.81. The van der Waals surface area contributed by atoms with Crippen LogP contribution < -0.4 is 5.32 Å². The van der Waals surface area contributed by atoms with E-state index in [2.05, 4.69) is 53.8 Å². The van der Waals surface area contributed by atoms with Crippen LogP contribution in [-0.2, 0) is 16.0 Å². The van der Waals surface area contributed by atoms with Crippen LogP contribution in [0.15, 0.2) is 33.6 Å². The van der Waals surface area contributed by atoms with Crippen molar-refractivity contribution in [3.8, 4) is 0 Å². The smallest absolute Gasteiger partial charge is 0.329 e. The number of aromatic nitrogens is 2. The molecule has 0 aliphatic carbocycles. The van der Waals surface area contributed by atoms with Crippen molar-refractivity contribution in [3.63, 3.8) is 0 Å². The molecule has 0 saturated heterocycles. The summed E-state index contributed by atoms with van der Waals surface area (Å²) in [7, 11) is 0. The Hall–Kier alpha value is -1.16. The number of furan rings is 1. The molecule has 0 spiro atoms. The molecule has 0 aromatic carbocycles. The van der Waals surface area contributed by atoms with Crippen molar-refractivity contribution >= 4 is 50.3 Å². The van der Waals surface area contributed by atoms with Gasteiger partial charge in [-0.15, -0.1) is 0 Å². The van der Waals surface area contributed by atoms with Gasteiger partial charge < -0.3 is 14.5 Å². The number of esters is 1. The van der Waals surface area contributed by atoms with Gasteiger partial charge >= 0.3 is 5.97 Å². The van der Waals surface area contributed by atoms with Gasteiger partial charge in [0, 0.05) is 6.42 Å². The highest BCUT2D eigenvalue weighted by Crippen LogP contribution is 2.21. The average molecular weight is 494 g/mol. The second-order valence-corrected chi connectivity index (χ2v) is 7.70. The van der Waals surface area contributed by atoms with Crippen molar-refractivity contribution in [2.45, 2.75) is 38.8 Å². The Morgan fingerprint density at radius 3 is 2.83 bits per heavy atom. The molecule has 0 aliphatic heterocycles. The molecular weight excluding hydrogens is 477 g/mol. The molecule has 1 atom stereocenters. The molecule has 23 heavy (non-hydrogen) atoms. The van der Waals surface area contributed by atoms with Crippen molar-refractivity contribution < 1.29 is 13.9 Å². The molecule has 0 amide bonds. The second kappa shape index (κ2) is 7.61. The monoisotopic (exact) mass is 493 g/mol. The summed E-state index contributed by atoms with van der Waals surface area (Å²) in [5.41, 5.74) is -0.574. The molecule has 2 rings (SSSR count). The van der Waals surface area contributed by atoms with E-state index in [1.54, 1.807) is 18.5 Å². The van der Waals surface area contributed by atoms with E-state index in [0.717, 1.165) is 3.70 Å². The van der Waals surface area contributed by atoms with Crippen LogP contribution in [0.5, 0.6) is 0 Å². The Morgan fingerprint density at radius 2 is 2.26 bits per heavy atom. The highest BCUT2D eigenvalue weighted by Gasteiger charge is 2.27. The minimum Gasteiger partial charge on any atom is -0.469 e. The largest absolute Gasteiger partial charge is 0.469 e. The van der Waals surface area contributed by atoms with Crippen LogP contribution in [-0.4, -0.2) is 27.6 Å². The van der Waals surface area contributed by atoms with Crippen molar-refractivity contribution in [2.24, 2.45) is 0 Å². The predicted molar refractivity (Wildman–Crippen MR) is 98.1 cm³/mol. The van der Waals surface area contributed by atoms with Crippen molar-refractivity contribution in [3.05, 3.63) is 38.7 Å². The lowest BCUT2D eigenvalue weighted by atomic mass is 10.1. The second-order valence-electron chi connectivity index (χ2n) is 5.85. The normalized spacial score (nSPS) is 12.7. The fraction of sp³-hybridized carbons (Fsp3) is 0.400. The number of halogens is 2. The number of anilines is 1. The Bertz CT molecular complexity index is 671. The summed E-state index contributed by atoms with van der Waals surface area (Å²) in [5, 5.41) is 3.08. The van der Waals surface area contributed by atoms with Gasteiger partial charge in [-0.25, -0.2) is 14.8 Å². The molecule has 1 unspecified atom stereocenters. The molecule has 0 fully saturated rings. The zero-order valence-electron chi connectivity index (χ0n) is 13.0. The Morgan fingerprint density at radius 1 is 1.52 bits per heavy atom. The molecule has 124 valence electrons. The fourth-order valence-electron chi connectivity index (χ4n) is 1.80. The number of rotatable bonds is 5. The van der Waals surface area contributed by atoms with Gasteiger partial charge in [-0.2, -0.15) is 0 Å². The van der Waals surface area contributed by atoms with Gasteiger partial charge in [0.1, 0.15) is 25.7 Å².